The molecule has 1 atom stereocenters. The smallest absolute Gasteiger partial charge is 0.0701 e. The Kier molecular flexibility index (Phi) is 5.46. The van der Waals surface area contributed by atoms with Crippen LogP contribution in [0.15, 0.2) is 15.2 Å². The SMILES string of the molecule is CCC(C)(CNC1CC1)CN(C)Cc1csc(Br)c1. The predicted octanol–water partition coefficient (Wildman–Crippen LogP) is 4.11. The average Bonchev–Trinajstić information content (AvgIpc) is 3.10. The molecular formula is C15H25BrN2S. The van der Waals surface area contributed by atoms with Crippen molar-refractivity contribution in [2.24, 2.45) is 5.41 Å². The molecule has 2 nitrogen and oxygen atoms in total. The molecule has 1 fully saturated rings. The van der Waals surface area contributed by atoms with Gasteiger partial charge in [-0.25, -0.2) is 0 Å². The average molecular weight is 345 g/mol. The van der Waals surface area contributed by atoms with Crippen molar-refractivity contribution in [3.05, 3.63) is 20.8 Å². The van der Waals surface area contributed by atoms with E-state index in [-0.39, 0.29) is 0 Å². The van der Waals surface area contributed by atoms with Gasteiger partial charge < -0.3 is 10.2 Å². The zero-order valence-electron chi connectivity index (χ0n) is 12.2. The van der Waals surface area contributed by atoms with Crippen LogP contribution >= 0.6 is 27.3 Å². The molecule has 108 valence electrons. The first-order valence-electron chi connectivity index (χ1n) is 7.15. The fraction of sp³-hybridized carbons (Fsp3) is 0.733. The lowest BCUT2D eigenvalue weighted by Crippen LogP contribution is -2.41. The Labute approximate surface area is 129 Å². The maximum atomic E-state index is 3.69. The van der Waals surface area contributed by atoms with Crippen molar-refractivity contribution >= 4 is 27.3 Å². The first-order valence-corrected chi connectivity index (χ1v) is 8.83. The largest absolute Gasteiger partial charge is 0.313 e. The Balaban J connectivity index is 1.81. The number of nitrogens with one attached hydrogen (secondary N) is 1. The van der Waals surface area contributed by atoms with Crippen molar-refractivity contribution in [1.82, 2.24) is 10.2 Å². The van der Waals surface area contributed by atoms with Crippen molar-refractivity contribution in [2.45, 2.75) is 45.7 Å². The van der Waals surface area contributed by atoms with Crippen molar-refractivity contribution in [3.63, 3.8) is 0 Å². The van der Waals surface area contributed by atoms with Crippen LogP contribution in [0, 0.1) is 5.41 Å². The van der Waals surface area contributed by atoms with E-state index in [4.69, 9.17) is 0 Å². The highest BCUT2D eigenvalue weighted by atomic mass is 79.9. The molecule has 0 spiro atoms. The summed E-state index contributed by atoms with van der Waals surface area (Å²) in [6.45, 7) is 8.05. The number of rotatable bonds is 8. The predicted molar refractivity (Wildman–Crippen MR) is 87.8 cm³/mol. The van der Waals surface area contributed by atoms with E-state index in [2.05, 4.69) is 58.5 Å². The maximum Gasteiger partial charge on any atom is 0.0701 e. The van der Waals surface area contributed by atoms with Gasteiger partial charge in [0.25, 0.3) is 0 Å². The van der Waals surface area contributed by atoms with E-state index in [1.165, 1.54) is 28.6 Å². The summed E-state index contributed by atoms with van der Waals surface area (Å²) in [4.78, 5) is 2.45. The Morgan fingerprint density at radius 3 is 2.79 bits per heavy atom. The van der Waals surface area contributed by atoms with E-state index in [0.717, 1.165) is 25.7 Å². The molecule has 1 N–H and O–H groups in total. The van der Waals surface area contributed by atoms with E-state index in [0.29, 0.717) is 5.41 Å². The molecule has 1 saturated carbocycles. The van der Waals surface area contributed by atoms with Gasteiger partial charge in [-0.2, -0.15) is 0 Å². The van der Waals surface area contributed by atoms with Gasteiger partial charge in [0.15, 0.2) is 0 Å². The highest BCUT2D eigenvalue weighted by Gasteiger charge is 2.28. The Bertz CT molecular complexity index is 403. The number of hydrogen-bond donors (Lipinski definition) is 1. The summed E-state index contributed by atoms with van der Waals surface area (Å²) in [6, 6.07) is 3.04. The van der Waals surface area contributed by atoms with Crippen LogP contribution in [0.5, 0.6) is 0 Å². The summed E-state index contributed by atoms with van der Waals surface area (Å²) < 4.78 is 1.23. The van der Waals surface area contributed by atoms with Gasteiger partial charge in [0.05, 0.1) is 3.79 Å². The molecule has 1 aromatic heterocycles. The molecule has 1 unspecified atom stereocenters. The fourth-order valence-electron chi connectivity index (χ4n) is 2.42. The van der Waals surface area contributed by atoms with Gasteiger partial charge in [0, 0.05) is 25.7 Å². The van der Waals surface area contributed by atoms with Crippen LogP contribution in [0.25, 0.3) is 0 Å². The lowest BCUT2D eigenvalue weighted by molar-refractivity contribution is 0.175. The molecule has 0 radical (unpaired) electrons. The highest BCUT2D eigenvalue weighted by Crippen LogP contribution is 2.26. The molecule has 0 bridgehead atoms. The van der Waals surface area contributed by atoms with Gasteiger partial charge >= 0.3 is 0 Å². The summed E-state index contributed by atoms with van der Waals surface area (Å²) >= 11 is 5.31. The van der Waals surface area contributed by atoms with Crippen LogP contribution < -0.4 is 5.32 Å². The van der Waals surface area contributed by atoms with Crippen LogP contribution in [0.2, 0.25) is 0 Å². The minimum absolute atomic E-state index is 0.380. The van der Waals surface area contributed by atoms with E-state index >= 15 is 0 Å². The number of thiophene rings is 1. The number of nitrogens with zero attached hydrogens (tertiary/aromatic N) is 1. The molecule has 1 aromatic rings. The van der Waals surface area contributed by atoms with Crippen molar-refractivity contribution < 1.29 is 0 Å². The van der Waals surface area contributed by atoms with E-state index in [1.54, 1.807) is 11.3 Å². The third-order valence-corrected chi connectivity index (χ3v) is 5.53. The van der Waals surface area contributed by atoms with Crippen LogP contribution in [0.1, 0.15) is 38.7 Å². The van der Waals surface area contributed by atoms with Crippen LogP contribution in [-0.2, 0) is 6.54 Å². The molecule has 2 rings (SSSR count). The molecule has 0 aliphatic heterocycles. The molecule has 0 saturated heterocycles. The quantitative estimate of drug-likeness (QED) is 0.763. The van der Waals surface area contributed by atoms with Gasteiger partial charge in [0.1, 0.15) is 0 Å². The lowest BCUT2D eigenvalue weighted by atomic mass is 9.86. The normalized spacial score (nSPS) is 18.8. The molecule has 1 heterocycles. The summed E-state index contributed by atoms with van der Waals surface area (Å²) in [5.41, 5.74) is 1.79. The minimum Gasteiger partial charge on any atom is -0.313 e. The molecule has 0 amide bonds. The highest BCUT2D eigenvalue weighted by molar-refractivity contribution is 9.11. The zero-order chi connectivity index (χ0) is 13.9. The minimum atomic E-state index is 0.380. The van der Waals surface area contributed by atoms with Crippen LogP contribution in [-0.4, -0.2) is 31.1 Å². The zero-order valence-corrected chi connectivity index (χ0v) is 14.6. The van der Waals surface area contributed by atoms with Crippen molar-refractivity contribution in [1.29, 1.82) is 0 Å². The van der Waals surface area contributed by atoms with E-state index in [9.17, 15) is 0 Å². The first-order chi connectivity index (χ1) is 9.00. The Morgan fingerprint density at radius 1 is 1.53 bits per heavy atom. The van der Waals surface area contributed by atoms with Gasteiger partial charge in [-0.05, 0) is 64.7 Å². The third-order valence-electron chi connectivity index (χ3n) is 3.97. The van der Waals surface area contributed by atoms with Gasteiger partial charge in [-0.1, -0.05) is 13.8 Å². The maximum absolute atomic E-state index is 3.69. The molecule has 0 aromatic carbocycles. The summed E-state index contributed by atoms with van der Waals surface area (Å²) in [6.07, 6.45) is 3.97. The second-order valence-electron chi connectivity index (χ2n) is 6.25. The first kappa shape index (κ1) is 15.5. The number of halogens is 1. The monoisotopic (exact) mass is 344 g/mol. The summed E-state index contributed by atoms with van der Waals surface area (Å²) in [5.74, 6) is 0. The van der Waals surface area contributed by atoms with E-state index < -0.39 is 0 Å². The van der Waals surface area contributed by atoms with Crippen molar-refractivity contribution in [3.8, 4) is 0 Å². The second kappa shape index (κ2) is 6.70. The van der Waals surface area contributed by atoms with Crippen LogP contribution in [0.3, 0.4) is 0 Å². The molecular weight excluding hydrogens is 320 g/mol. The third kappa shape index (κ3) is 5.18. The standard InChI is InChI=1S/C15H25BrN2S/c1-4-15(2,10-17-13-5-6-13)11-18(3)8-12-7-14(16)19-9-12/h7,9,13,17H,4-6,8,10-11H2,1-3H3. The number of hydrogen-bond acceptors (Lipinski definition) is 3. The topological polar surface area (TPSA) is 15.3 Å². The van der Waals surface area contributed by atoms with Crippen LogP contribution in [0.4, 0.5) is 0 Å². The lowest BCUT2D eigenvalue weighted by Gasteiger charge is -2.33. The molecule has 4 heteroatoms. The van der Waals surface area contributed by atoms with Gasteiger partial charge in [-0.3, -0.25) is 0 Å². The fourth-order valence-corrected chi connectivity index (χ4v) is 3.62. The Morgan fingerprint density at radius 2 is 2.26 bits per heavy atom. The second-order valence-corrected chi connectivity index (χ2v) is 8.54. The van der Waals surface area contributed by atoms with E-state index in [1.807, 2.05) is 0 Å². The molecule has 19 heavy (non-hydrogen) atoms. The summed E-state index contributed by atoms with van der Waals surface area (Å²) in [7, 11) is 2.23. The van der Waals surface area contributed by atoms with Crippen molar-refractivity contribution in [2.75, 3.05) is 20.1 Å². The van der Waals surface area contributed by atoms with Gasteiger partial charge in [-0.15, -0.1) is 11.3 Å². The molecule has 1 aliphatic carbocycles. The Hall–Kier alpha value is 0.100. The summed E-state index contributed by atoms with van der Waals surface area (Å²) in [5, 5.41) is 5.93. The van der Waals surface area contributed by atoms with Gasteiger partial charge in [0.2, 0.25) is 0 Å². The molecule has 1 aliphatic rings.